The van der Waals surface area contributed by atoms with E-state index < -0.39 is 0 Å². The summed E-state index contributed by atoms with van der Waals surface area (Å²) >= 11 is 3.24. The maximum Gasteiger partial charge on any atom is 0.188 e. The average molecular weight is 302 g/mol. The molecule has 0 fully saturated rings. The van der Waals surface area contributed by atoms with E-state index in [4.69, 9.17) is 10.5 Å². The zero-order valence-electron chi connectivity index (χ0n) is 9.61. The summed E-state index contributed by atoms with van der Waals surface area (Å²) in [6.07, 6.45) is 0. The molecule has 0 radical (unpaired) electrons. The zero-order chi connectivity index (χ0) is 12.7. The highest BCUT2D eigenvalue weighted by atomic mass is 79.9. The van der Waals surface area contributed by atoms with Gasteiger partial charge in [-0.05, 0) is 33.6 Å². The predicted octanol–water partition coefficient (Wildman–Crippen LogP) is 1.21. The van der Waals surface area contributed by atoms with Gasteiger partial charge in [-0.2, -0.15) is 0 Å². The molecule has 4 N–H and O–H groups in total. The van der Waals surface area contributed by atoms with Crippen molar-refractivity contribution < 1.29 is 9.84 Å². The lowest BCUT2D eigenvalue weighted by molar-refractivity contribution is 0.204. The molecule has 17 heavy (non-hydrogen) atoms. The molecule has 0 aliphatic carbocycles. The van der Waals surface area contributed by atoms with E-state index in [9.17, 15) is 5.11 Å². The molecule has 1 rings (SSSR count). The van der Waals surface area contributed by atoms with Crippen LogP contribution in [0.4, 0.5) is 0 Å². The molecule has 6 heteroatoms. The monoisotopic (exact) mass is 301 g/mol. The minimum absolute atomic E-state index is 0.212. The van der Waals surface area contributed by atoms with Gasteiger partial charge in [-0.15, -0.1) is 0 Å². The standard InChI is InChI=1S/C11H16BrN3O2/c1-17-5-4-14-11(13)15-7-8-2-3-10(16)9(12)6-8/h2-3,6,16H,4-5,7H2,1H3,(H3,13,14,15). The summed E-state index contributed by atoms with van der Waals surface area (Å²) in [4.78, 5) is 4.16. The number of benzene rings is 1. The Kier molecular flexibility index (Phi) is 5.79. The van der Waals surface area contributed by atoms with Crippen molar-refractivity contribution in [3.05, 3.63) is 28.2 Å². The molecule has 0 saturated heterocycles. The van der Waals surface area contributed by atoms with E-state index >= 15 is 0 Å². The molecule has 94 valence electrons. The molecule has 0 unspecified atom stereocenters. The second-order valence-corrected chi connectivity index (χ2v) is 4.26. The largest absolute Gasteiger partial charge is 0.507 e. The predicted molar refractivity (Wildman–Crippen MR) is 71.0 cm³/mol. The smallest absolute Gasteiger partial charge is 0.188 e. The first kappa shape index (κ1) is 13.8. The van der Waals surface area contributed by atoms with Crippen molar-refractivity contribution in [2.24, 2.45) is 10.7 Å². The van der Waals surface area contributed by atoms with Gasteiger partial charge in [-0.1, -0.05) is 6.07 Å². The first-order valence-corrected chi connectivity index (χ1v) is 5.93. The molecule has 0 bridgehead atoms. The van der Waals surface area contributed by atoms with Gasteiger partial charge in [0.2, 0.25) is 0 Å². The molecule has 1 aromatic carbocycles. The third-order valence-electron chi connectivity index (χ3n) is 2.06. The van der Waals surface area contributed by atoms with Crippen molar-refractivity contribution in [3.8, 4) is 5.75 Å². The molecule has 0 spiro atoms. The number of aromatic hydroxyl groups is 1. The minimum atomic E-state index is 0.212. The van der Waals surface area contributed by atoms with Crippen LogP contribution in [0, 0.1) is 0 Å². The third-order valence-corrected chi connectivity index (χ3v) is 2.69. The highest BCUT2D eigenvalue weighted by molar-refractivity contribution is 9.10. The molecule has 0 aliphatic rings. The second kappa shape index (κ2) is 7.13. The van der Waals surface area contributed by atoms with Gasteiger partial charge in [0, 0.05) is 13.7 Å². The van der Waals surface area contributed by atoms with Crippen LogP contribution in [0.3, 0.4) is 0 Å². The molecule has 1 aromatic rings. The lowest BCUT2D eigenvalue weighted by Gasteiger charge is -2.05. The van der Waals surface area contributed by atoms with Gasteiger partial charge >= 0.3 is 0 Å². The first-order valence-electron chi connectivity index (χ1n) is 5.13. The van der Waals surface area contributed by atoms with Crippen LogP contribution in [0.25, 0.3) is 0 Å². The molecule has 0 atom stereocenters. The van der Waals surface area contributed by atoms with Crippen molar-refractivity contribution in [1.82, 2.24) is 5.32 Å². The summed E-state index contributed by atoms with van der Waals surface area (Å²) in [6, 6.07) is 5.22. The second-order valence-electron chi connectivity index (χ2n) is 3.41. The van der Waals surface area contributed by atoms with Gasteiger partial charge in [0.1, 0.15) is 5.75 Å². The van der Waals surface area contributed by atoms with E-state index in [0.717, 1.165) is 5.56 Å². The molecule has 0 aliphatic heterocycles. The quantitative estimate of drug-likeness (QED) is 0.434. The van der Waals surface area contributed by atoms with Gasteiger partial charge in [0.05, 0.1) is 17.6 Å². The van der Waals surface area contributed by atoms with Crippen molar-refractivity contribution in [2.75, 3.05) is 20.3 Å². The maximum atomic E-state index is 9.33. The van der Waals surface area contributed by atoms with Crippen LogP contribution < -0.4 is 11.1 Å². The number of nitrogens with one attached hydrogen (secondary N) is 1. The fourth-order valence-corrected chi connectivity index (χ4v) is 1.59. The van der Waals surface area contributed by atoms with Gasteiger partial charge in [0.15, 0.2) is 5.96 Å². The van der Waals surface area contributed by atoms with E-state index in [1.165, 1.54) is 0 Å². The summed E-state index contributed by atoms with van der Waals surface area (Å²) < 4.78 is 5.53. The Labute approximate surface area is 109 Å². The Morgan fingerprint density at radius 1 is 1.59 bits per heavy atom. The number of hydrogen-bond acceptors (Lipinski definition) is 3. The lowest BCUT2D eigenvalue weighted by atomic mass is 10.2. The number of hydrogen-bond donors (Lipinski definition) is 3. The Balaban J connectivity index is 2.48. The summed E-state index contributed by atoms with van der Waals surface area (Å²) in [6.45, 7) is 1.68. The number of nitrogens with two attached hydrogens (primary N) is 1. The van der Waals surface area contributed by atoms with Gasteiger partial charge in [0.25, 0.3) is 0 Å². The number of nitrogens with zero attached hydrogens (tertiary/aromatic N) is 1. The van der Waals surface area contributed by atoms with E-state index in [0.29, 0.717) is 30.1 Å². The Morgan fingerprint density at radius 2 is 2.35 bits per heavy atom. The molecule has 0 aromatic heterocycles. The van der Waals surface area contributed by atoms with E-state index in [1.807, 2.05) is 0 Å². The summed E-state index contributed by atoms with van der Waals surface area (Å²) in [5.41, 5.74) is 6.62. The number of phenols is 1. The van der Waals surface area contributed by atoms with Gasteiger partial charge < -0.3 is 20.9 Å². The van der Waals surface area contributed by atoms with Crippen LogP contribution in [-0.2, 0) is 11.3 Å². The summed E-state index contributed by atoms with van der Waals surface area (Å²) in [7, 11) is 1.63. The number of guanidine groups is 1. The zero-order valence-corrected chi connectivity index (χ0v) is 11.2. The lowest BCUT2D eigenvalue weighted by Crippen LogP contribution is -2.34. The van der Waals surface area contributed by atoms with Gasteiger partial charge in [-0.25, -0.2) is 4.99 Å². The number of phenolic OH excluding ortho intramolecular Hbond substituents is 1. The van der Waals surface area contributed by atoms with Crippen molar-refractivity contribution >= 4 is 21.9 Å². The molecule has 0 saturated carbocycles. The molecule has 0 heterocycles. The van der Waals surface area contributed by atoms with E-state index in [-0.39, 0.29) is 5.75 Å². The van der Waals surface area contributed by atoms with Crippen molar-refractivity contribution in [3.63, 3.8) is 0 Å². The highest BCUT2D eigenvalue weighted by Crippen LogP contribution is 2.24. The van der Waals surface area contributed by atoms with Crippen LogP contribution in [0.15, 0.2) is 27.7 Å². The topological polar surface area (TPSA) is 79.9 Å². The number of aliphatic imine (C=N–C) groups is 1. The molecule has 0 amide bonds. The SMILES string of the molecule is COCCNC(N)=NCc1ccc(O)c(Br)c1. The number of rotatable bonds is 5. The van der Waals surface area contributed by atoms with Crippen LogP contribution in [0.1, 0.15) is 5.56 Å². The fraction of sp³-hybridized carbons (Fsp3) is 0.364. The number of halogens is 1. The Morgan fingerprint density at radius 3 is 3.00 bits per heavy atom. The average Bonchev–Trinajstić information content (AvgIpc) is 2.31. The normalized spacial score (nSPS) is 11.5. The van der Waals surface area contributed by atoms with E-state index in [1.54, 1.807) is 25.3 Å². The summed E-state index contributed by atoms with van der Waals surface area (Å²) in [5.74, 6) is 0.593. The number of methoxy groups -OCH3 is 1. The molecular weight excluding hydrogens is 286 g/mol. The van der Waals surface area contributed by atoms with Crippen LogP contribution >= 0.6 is 15.9 Å². The maximum absolute atomic E-state index is 9.33. The van der Waals surface area contributed by atoms with Crippen LogP contribution in [-0.4, -0.2) is 31.3 Å². The van der Waals surface area contributed by atoms with Crippen LogP contribution in [0.5, 0.6) is 5.75 Å². The van der Waals surface area contributed by atoms with Crippen LogP contribution in [0.2, 0.25) is 0 Å². The first-order chi connectivity index (χ1) is 8.13. The summed E-state index contributed by atoms with van der Waals surface area (Å²) in [5, 5.41) is 12.3. The van der Waals surface area contributed by atoms with Gasteiger partial charge in [-0.3, -0.25) is 0 Å². The fourth-order valence-electron chi connectivity index (χ4n) is 1.16. The minimum Gasteiger partial charge on any atom is -0.507 e. The number of ether oxygens (including phenoxy) is 1. The Hall–Kier alpha value is -1.27. The Bertz CT molecular complexity index is 396. The highest BCUT2D eigenvalue weighted by Gasteiger charge is 1.99. The van der Waals surface area contributed by atoms with Crippen molar-refractivity contribution in [2.45, 2.75) is 6.54 Å². The third kappa shape index (κ3) is 5.06. The molecular formula is C11H16BrN3O2. The molecule has 5 nitrogen and oxygen atoms in total. The van der Waals surface area contributed by atoms with Crippen molar-refractivity contribution in [1.29, 1.82) is 0 Å². The van der Waals surface area contributed by atoms with E-state index in [2.05, 4.69) is 26.2 Å².